The van der Waals surface area contributed by atoms with Gasteiger partial charge in [0.25, 0.3) is 0 Å². The molecule has 0 amide bonds. The van der Waals surface area contributed by atoms with Crippen LogP contribution < -0.4 is 0 Å². The fourth-order valence-corrected chi connectivity index (χ4v) is 7.58. The second-order valence-corrected chi connectivity index (χ2v) is 15.9. The van der Waals surface area contributed by atoms with Gasteiger partial charge in [0.1, 0.15) is 5.58 Å². The van der Waals surface area contributed by atoms with Gasteiger partial charge in [-0.25, -0.2) is 0 Å². The summed E-state index contributed by atoms with van der Waals surface area (Å²) in [5, 5.41) is 0.631. The molecule has 8 aromatic rings. The molecule has 0 N–H and O–H groups in total. The van der Waals surface area contributed by atoms with Crippen molar-refractivity contribution in [2.75, 3.05) is 0 Å². The molecule has 1 saturated carbocycles. The molecule has 1 radical (unpaired) electrons. The second kappa shape index (κ2) is 18.2. The molecule has 0 bridgehead atoms. The number of rotatable bonds is 7. The van der Waals surface area contributed by atoms with Gasteiger partial charge in [-0.15, -0.1) is 47.5 Å². The predicted molar refractivity (Wildman–Crippen MR) is 248 cm³/mol. The molecule has 9 rings (SSSR count). The van der Waals surface area contributed by atoms with Crippen molar-refractivity contribution in [3.05, 3.63) is 167 Å². The normalized spacial score (nSPS) is 19.2. The molecular formula is C56H56IrN2O-2. The van der Waals surface area contributed by atoms with Crippen LogP contribution in [0.5, 0.6) is 0 Å². The van der Waals surface area contributed by atoms with Gasteiger partial charge in [0.05, 0.1) is 5.58 Å². The second-order valence-electron chi connectivity index (χ2n) is 15.9. The smallest absolute Gasteiger partial charge is 0.123 e. The van der Waals surface area contributed by atoms with Gasteiger partial charge in [-0.3, -0.25) is 0 Å². The molecule has 3 nitrogen and oxygen atoms in total. The summed E-state index contributed by atoms with van der Waals surface area (Å²) in [4.78, 5) is 8.84. The molecule has 60 heavy (non-hydrogen) atoms. The summed E-state index contributed by atoms with van der Waals surface area (Å²) < 4.78 is 162. The minimum absolute atomic E-state index is 0. The summed E-state index contributed by atoms with van der Waals surface area (Å²) in [6.45, 7) is -7.44. The van der Waals surface area contributed by atoms with E-state index in [1.165, 1.54) is 42.5 Å². The number of aryl methyl sites for hydroxylation is 5. The summed E-state index contributed by atoms with van der Waals surface area (Å²) in [6.07, 6.45) is 2.52. The van der Waals surface area contributed by atoms with E-state index in [1.54, 1.807) is 30.5 Å². The van der Waals surface area contributed by atoms with Crippen molar-refractivity contribution in [3.8, 4) is 44.8 Å². The van der Waals surface area contributed by atoms with Crippen LogP contribution in [-0.4, -0.2) is 9.97 Å². The van der Waals surface area contributed by atoms with Gasteiger partial charge in [-0.2, -0.15) is 0 Å². The number of benzene rings is 5. The van der Waals surface area contributed by atoms with Gasteiger partial charge in [0.15, 0.2) is 0 Å². The molecule has 5 aromatic carbocycles. The van der Waals surface area contributed by atoms with Crippen LogP contribution in [0.1, 0.15) is 111 Å². The Hall–Kier alpha value is -5.15. The van der Waals surface area contributed by atoms with Crippen LogP contribution in [0.25, 0.3) is 66.7 Å². The van der Waals surface area contributed by atoms with Gasteiger partial charge in [-0.05, 0) is 113 Å². The number of furan rings is 1. The maximum Gasteiger partial charge on any atom is 0.123 e. The number of hydrogen-bond acceptors (Lipinski definition) is 3. The topological polar surface area (TPSA) is 38.9 Å². The summed E-state index contributed by atoms with van der Waals surface area (Å²) >= 11 is 0. The maximum atomic E-state index is 8.85. The summed E-state index contributed by atoms with van der Waals surface area (Å²) in [6, 6.07) is 33.5. The molecule has 3 aromatic heterocycles. The van der Waals surface area contributed by atoms with Crippen molar-refractivity contribution in [3.63, 3.8) is 0 Å². The van der Waals surface area contributed by atoms with E-state index in [2.05, 4.69) is 22.1 Å². The first kappa shape index (κ1) is 24.9. The molecule has 0 atom stereocenters. The maximum absolute atomic E-state index is 8.85. The molecule has 0 aliphatic heterocycles. The zero-order valence-electron chi connectivity index (χ0n) is 52.5. The van der Waals surface area contributed by atoms with Crippen LogP contribution >= 0.6 is 0 Å². The molecule has 4 heteroatoms. The van der Waals surface area contributed by atoms with Crippen LogP contribution in [0.15, 0.2) is 120 Å². The Morgan fingerprint density at radius 3 is 2.20 bits per heavy atom. The molecule has 1 aliphatic carbocycles. The molecule has 3 heterocycles. The van der Waals surface area contributed by atoms with Crippen LogP contribution in [0.3, 0.4) is 0 Å². The summed E-state index contributed by atoms with van der Waals surface area (Å²) in [7, 11) is 0. The van der Waals surface area contributed by atoms with E-state index in [0.717, 1.165) is 30.7 Å². The largest absolute Gasteiger partial charge is 0.500 e. The molecule has 0 spiro atoms. The first-order valence-electron chi connectivity index (χ1n) is 29.2. The molecule has 307 valence electrons. The van der Waals surface area contributed by atoms with Crippen LogP contribution in [0.2, 0.25) is 0 Å². The third-order valence-electron chi connectivity index (χ3n) is 10.3. The van der Waals surface area contributed by atoms with E-state index >= 15 is 0 Å². The Bertz CT molecular complexity index is 3490. The van der Waals surface area contributed by atoms with E-state index in [9.17, 15) is 0 Å². The van der Waals surface area contributed by atoms with Crippen LogP contribution in [0, 0.1) is 57.7 Å². The molecule has 1 aliphatic rings. The molecular weight excluding hydrogens is 909 g/mol. The fraction of sp³-hybridized carbons (Fsp3) is 0.286. The SMILES string of the molecule is [2H]C([2H])([2H])c1c[c-]c(-c2ccc(C([2H])([2H])C(C)(C)C)cn2)cc1-c1ccccc1.[2H]C([2H])([2H])c1cc(C([2H])([2H])[2H])c2oc3c(-c4cc(-c5ccc(C([2H])([2H])C6CCCC6)cc5C([2H])([2H])[2H])c(C([2H])([2H])[2H])cn4)[c-]ccc3c2c1.[Ir]. The zero-order valence-corrected chi connectivity index (χ0v) is 35.9. The van der Waals surface area contributed by atoms with Crippen molar-refractivity contribution < 1.29 is 50.6 Å². The van der Waals surface area contributed by atoms with Crippen LogP contribution in [0.4, 0.5) is 0 Å². The average Bonchev–Trinajstić information content (AvgIpc) is 4.23. The van der Waals surface area contributed by atoms with Crippen molar-refractivity contribution in [2.24, 2.45) is 11.3 Å². The van der Waals surface area contributed by atoms with Gasteiger partial charge in [-0.1, -0.05) is 148 Å². The summed E-state index contributed by atoms with van der Waals surface area (Å²) in [5.74, 6) is -0.269. The monoisotopic (exact) mass is 985 g/mol. The fourth-order valence-electron chi connectivity index (χ4n) is 7.58. The number of fused-ring (bicyclic) bond motifs is 3. The number of nitrogens with zero attached hydrogens (tertiary/aromatic N) is 2. The number of hydrogen-bond donors (Lipinski definition) is 0. The number of aromatic nitrogens is 2. The standard InChI is InChI=1S/C33H32NO.C23H24N.Ir/c1-20-14-22(3)32-30(15-20)27-10-7-11-28(33(27)35-32)31-18-29(23(4)19-34-31)26-13-12-25(16-21(26)2)17-24-8-5-6-9-24;1-17-10-12-20(14-21(17)19-8-6-5-7-9-19)22-13-11-18(16-24-22)15-23(2,3)4;/h7,10,12-16,18-19,24H,5-6,8-9,17H2,1-4H3;5-11,13-14,16H,15H2,1-4H3;/q2*-1;/i1D3,2D3,3D3,4D3,17D2;1D3,15D2;. The van der Waals surface area contributed by atoms with Gasteiger partial charge in [0, 0.05) is 63.9 Å². The Kier molecular flexibility index (Phi) is 7.58. The van der Waals surface area contributed by atoms with Crippen molar-refractivity contribution >= 4 is 21.9 Å². The van der Waals surface area contributed by atoms with E-state index < -0.39 is 52.4 Å². The van der Waals surface area contributed by atoms with E-state index in [-0.39, 0.29) is 98.3 Å². The quantitative estimate of drug-likeness (QED) is 0.149. The Morgan fingerprint density at radius 2 is 1.47 bits per heavy atom. The molecule has 0 saturated heterocycles. The Balaban J connectivity index is 0.000000257. The van der Waals surface area contributed by atoms with E-state index in [1.807, 2.05) is 51.1 Å². The van der Waals surface area contributed by atoms with Gasteiger partial charge in [0.2, 0.25) is 0 Å². The minimum atomic E-state index is -2.73. The van der Waals surface area contributed by atoms with Crippen molar-refractivity contribution in [2.45, 2.75) is 93.5 Å². The number of pyridine rings is 2. The summed E-state index contributed by atoms with van der Waals surface area (Å²) in [5.41, 5.74) is 2.77. The third-order valence-corrected chi connectivity index (χ3v) is 10.3. The first-order valence-corrected chi connectivity index (χ1v) is 19.7. The molecule has 1 fully saturated rings. The first-order chi connectivity index (χ1) is 36.0. The third kappa shape index (κ3) is 9.57. The average molecular weight is 984 g/mol. The van der Waals surface area contributed by atoms with Crippen molar-refractivity contribution in [1.82, 2.24) is 9.97 Å². The zero-order chi connectivity index (χ0) is 57.3. The van der Waals surface area contributed by atoms with E-state index in [0.29, 0.717) is 40.6 Å². The Labute approximate surface area is 397 Å². The minimum Gasteiger partial charge on any atom is -0.500 e. The van der Waals surface area contributed by atoms with Crippen molar-refractivity contribution in [1.29, 1.82) is 0 Å². The van der Waals surface area contributed by atoms with Gasteiger partial charge >= 0.3 is 0 Å². The molecule has 0 unspecified atom stereocenters. The van der Waals surface area contributed by atoms with E-state index in [4.69, 9.17) is 30.5 Å². The van der Waals surface area contributed by atoms with Crippen LogP contribution in [-0.2, 0) is 32.9 Å². The Morgan fingerprint density at radius 1 is 0.683 bits per heavy atom. The predicted octanol–water partition coefficient (Wildman–Crippen LogP) is 15.2. The van der Waals surface area contributed by atoms with Gasteiger partial charge < -0.3 is 14.4 Å².